The summed E-state index contributed by atoms with van der Waals surface area (Å²) >= 11 is 0. The normalized spacial score (nSPS) is 48.2. The summed E-state index contributed by atoms with van der Waals surface area (Å²) in [4.78, 5) is 2.74. The molecule has 1 saturated carbocycles. The monoisotopic (exact) mass is 166 g/mol. The number of hydrogen-bond acceptors (Lipinski definition) is 2. The van der Waals surface area contributed by atoms with Crippen LogP contribution in [0.15, 0.2) is 0 Å². The molecule has 12 heavy (non-hydrogen) atoms. The van der Waals surface area contributed by atoms with Crippen LogP contribution < -0.4 is 5.32 Å². The van der Waals surface area contributed by atoms with Crippen LogP contribution in [0.1, 0.15) is 25.7 Å². The van der Waals surface area contributed by atoms with Crippen molar-refractivity contribution in [1.82, 2.24) is 10.2 Å². The molecule has 0 radical (unpaired) electrons. The summed E-state index contributed by atoms with van der Waals surface area (Å²) in [5, 5.41) is 3.55. The van der Waals surface area contributed by atoms with Gasteiger partial charge in [-0.3, -0.25) is 4.90 Å². The summed E-state index contributed by atoms with van der Waals surface area (Å²) < 4.78 is 0. The Morgan fingerprint density at radius 1 is 1.25 bits per heavy atom. The predicted molar refractivity (Wildman–Crippen MR) is 49.1 cm³/mol. The van der Waals surface area contributed by atoms with E-state index in [-0.39, 0.29) is 0 Å². The zero-order chi connectivity index (χ0) is 8.18. The van der Waals surface area contributed by atoms with Gasteiger partial charge in [-0.25, -0.2) is 0 Å². The lowest BCUT2D eigenvalue weighted by atomic mass is 9.77. The summed E-state index contributed by atoms with van der Waals surface area (Å²) in [5.41, 5.74) is 0.635. The maximum Gasteiger partial charge on any atom is 0.0366 e. The molecule has 1 atom stereocenters. The summed E-state index contributed by atoms with van der Waals surface area (Å²) in [6, 6.07) is 0.819. The van der Waals surface area contributed by atoms with Crippen LogP contribution in [0, 0.1) is 5.92 Å². The standard InChI is InChI=1S/C10H18N2/c1-11-9-8-2-6-12(7-3-8)10(9)4-5-10/h8-9,11H,2-7H2,1H3. The molecule has 3 saturated heterocycles. The van der Waals surface area contributed by atoms with E-state index in [4.69, 9.17) is 0 Å². The Balaban J connectivity index is 1.91. The highest BCUT2D eigenvalue weighted by atomic mass is 15.3. The van der Waals surface area contributed by atoms with E-state index in [0.29, 0.717) is 5.54 Å². The van der Waals surface area contributed by atoms with Crippen LogP contribution in [0.3, 0.4) is 0 Å². The second-order valence-electron chi connectivity index (χ2n) is 4.69. The van der Waals surface area contributed by atoms with Gasteiger partial charge in [0.1, 0.15) is 0 Å². The average Bonchev–Trinajstić information content (AvgIpc) is 2.88. The maximum absolute atomic E-state index is 3.55. The molecule has 0 amide bonds. The van der Waals surface area contributed by atoms with Gasteiger partial charge in [-0.2, -0.15) is 0 Å². The van der Waals surface area contributed by atoms with Crippen molar-refractivity contribution in [3.63, 3.8) is 0 Å². The Bertz CT molecular complexity index is 190. The molecule has 1 unspecified atom stereocenters. The molecule has 1 spiro atoms. The Morgan fingerprint density at radius 2 is 1.92 bits per heavy atom. The topological polar surface area (TPSA) is 15.3 Å². The van der Waals surface area contributed by atoms with Gasteiger partial charge in [0.15, 0.2) is 0 Å². The van der Waals surface area contributed by atoms with E-state index in [2.05, 4.69) is 17.3 Å². The SMILES string of the molecule is CNC1C2CCN(CC2)C12CC2. The number of nitrogens with one attached hydrogen (secondary N) is 1. The first kappa shape index (κ1) is 7.34. The van der Waals surface area contributed by atoms with Gasteiger partial charge >= 0.3 is 0 Å². The van der Waals surface area contributed by atoms with E-state index < -0.39 is 0 Å². The van der Waals surface area contributed by atoms with Crippen molar-refractivity contribution in [3.8, 4) is 0 Å². The van der Waals surface area contributed by atoms with Gasteiger partial charge in [0.2, 0.25) is 0 Å². The molecular weight excluding hydrogens is 148 g/mol. The smallest absolute Gasteiger partial charge is 0.0366 e. The summed E-state index contributed by atoms with van der Waals surface area (Å²) in [5.74, 6) is 0.988. The number of fused-ring (bicyclic) bond motifs is 2. The average molecular weight is 166 g/mol. The Kier molecular flexibility index (Phi) is 1.37. The Labute approximate surface area is 74.3 Å². The Hall–Kier alpha value is -0.0800. The van der Waals surface area contributed by atoms with Crippen molar-refractivity contribution in [1.29, 1.82) is 0 Å². The van der Waals surface area contributed by atoms with Crippen LogP contribution in [-0.2, 0) is 0 Å². The third-order valence-electron chi connectivity index (χ3n) is 4.29. The maximum atomic E-state index is 3.55. The van der Waals surface area contributed by atoms with Crippen LogP contribution >= 0.6 is 0 Å². The van der Waals surface area contributed by atoms with Crippen molar-refractivity contribution < 1.29 is 0 Å². The number of rotatable bonds is 1. The minimum absolute atomic E-state index is 0.635. The minimum atomic E-state index is 0.635. The summed E-state index contributed by atoms with van der Waals surface area (Å²) in [6.07, 6.45) is 5.78. The number of likely N-dealkylation sites (N-methyl/N-ethyl adjacent to an activating group) is 1. The van der Waals surface area contributed by atoms with E-state index in [1.54, 1.807) is 0 Å². The molecule has 68 valence electrons. The summed E-state index contributed by atoms with van der Waals surface area (Å²) in [6.45, 7) is 2.76. The second-order valence-corrected chi connectivity index (χ2v) is 4.69. The molecule has 0 aromatic rings. The van der Waals surface area contributed by atoms with Gasteiger partial charge in [-0.1, -0.05) is 0 Å². The first-order valence-electron chi connectivity index (χ1n) is 5.29. The minimum Gasteiger partial charge on any atom is -0.315 e. The lowest BCUT2D eigenvalue weighted by Crippen LogP contribution is -2.63. The zero-order valence-corrected chi connectivity index (χ0v) is 7.84. The van der Waals surface area contributed by atoms with Crippen molar-refractivity contribution in [2.75, 3.05) is 20.1 Å². The fourth-order valence-corrected chi connectivity index (χ4v) is 3.57. The van der Waals surface area contributed by atoms with Gasteiger partial charge in [0, 0.05) is 11.6 Å². The highest BCUT2D eigenvalue weighted by Gasteiger charge is 2.59. The van der Waals surface area contributed by atoms with Gasteiger partial charge in [-0.05, 0) is 51.7 Å². The number of nitrogens with zero attached hydrogens (tertiary/aromatic N) is 1. The van der Waals surface area contributed by atoms with Crippen LogP contribution in [-0.4, -0.2) is 36.6 Å². The van der Waals surface area contributed by atoms with Crippen LogP contribution in [0.25, 0.3) is 0 Å². The second kappa shape index (κ2) is 2.24. The van der Waals surface area contributed by atoms with Crippen molar-refractivity contribution in [2.45, 2.75) is 37.3 Å². The molecule has 1 aliphatic carbocycles. The third kappa shape index (κ3) is 0.728. The zero-order valence-electron chi connectivity index (χ0n) is 7.84. The first-order valence-corrected chi connectivity index (χ1v) is 5.29. The van der Waals surface area contributed by atoms with E-state index in [9.17, 15) is 0 Å². The molecule has 2 heteroatoms. The molecule has 0 aromatic heterocycles. The van der Waals surface area contributed by atoms with Crippen molar-refractivity contribution >= 4 is 0 Å². The molecule has 2 nitrogen and oxygen atoms in total. The van der Waals surface area contributed by atoms with E-state index >= 15 is 0 Å². The quantitative estimate of drug-likeness (QED) is 0.621. The number of hydrogen-bond donors (Lipinski definition) is 1. The Morgan fingerprint density at radius 3 is 2.33 bits per heavy atom. The van der Waals surface area contributed by atoms with Crippen molar-refractivity contribution in [3.05, 3.63) is 0 Å². The molecule has 4 fully saturated rings. The van der Waals surface area contributed by atoms with Gasteiger partial charge < -0.3 is 5.32 Å². The molecular formula is C10H18N2. The molecule has 4 aliphatic rings. The predicted octanol–water partition coefficient (Wildman–Crippen LogP) is 0.833. The molecule has 0 aromatic carbocycles. The third-order valence-corrected chi connectivity index (χ3v) is 4.29. The lowest BCUT2D eigenvalue weighted by molar-refractivity contribution is 0.000272. The van der Waals surface area contributed by atoms with Gasteiger partial charge in [0.25, 0.3) is 0 Å². The van der Waals surface area contributed by atoms with Crippen molar-refractivity contribution in [2.24, 2.45) is 5.92 Å². The molecule has 4 rings (SSSR count). The fraction of sp³-hybridized carbons (Fsp3) is 1.00. The lowest BCUT2D eigenvalue weighted by Gasteiger charge is -2.52. The van der Waals surface area contributed by atoms with Crippen LogP contribution in [0.4, 0.5) is 0 Å². The van der Waals surface area contributed by atoms with Crippen LogP contribution in [0.2, 0.25) is 0 Å². The highest BCUT2D eigenvalue weighted by molar-refractivity contribution is 5.17. The van der Waals surface area contributed by atoms with E-state index in [0.717, 1.165) is 12.0 Å². The number of piperidine rings is 3. The largest absolute Gasteiger partial charge is 0.315 e. The molecule has 2 bridgehead atoms. The molecule has 1 N–H and O–H groups in total. The van der Waals surface area contributed by atoms with Crippen LogP contribution in [0.5, 0.6) is 0 Å². The van der Waals surface area contributed by atoms with Gasteiger partial charge in [-0.15, -0.1) is 0 Å². The van der Waals surface area contributed by atoms with E-state index in [1.807, 2.05) is 0 Å². The van der Waals surface area contributed by atoms with E-state index in [1.165, 1.54) is 38.8 Å². The highest BCUT2D eigenvalue weighted by Crippen LogP contribution is 2.53. The first-order chi connectivity index (χ1) is 5.87. The summed E-state index contributed by atoms with van der Waals surface area (Å²) in [7, 11) is 2.15. The molecule has 3 aliphatic heterocycles. The van der Waals surface area contributed by atoms with Gasteiger partial charge in [0.05, 0.1) is 0 Å². The molecule has 3 heterocycles. The fourth-order valence-electron chi connectivity index (χ4n) is 3.57.